The molecule has 0 bridgehead atoms. The molecule has 9 heteroatoms. The molecule has 2 aromatic rings. The molecule has 0 atom stereocenters. The van der Waals surface area contributed by atoms with Gasteiger partial charge in [-0.2, -0.15) is 9.97 Å². The van der Waals surface area contributed by atoms with E-state index in [0.29, 0.717) is 11.8 Å². The molecular weight excluding hydrogens is 338 g/mol. The summed E-state index contributed by atoms with van der Waals surface area (Å²) in [5, 5.41) is 0. The summed E-state index contributed by atoms with van der Waals surface area (Å²) in [7, 11) is -4.93. The number of aromatic nitrogens is 4. The topological polar surface area (TPSA) is 64.9 Å². The van der Waals surface area contributed by atoms with E-state index in [1.807, 2.05) is 6.33 Å². The van der Waals surface area contributed by atoms with E-state index >= 15 is 0 Å². The molecular formula is C14H29N5OSi3. The number of hydrogen-bond donors (Lipinski definition) is 1. The Morgan fingerprint density at radius 3 is 2.04 bits per heavy atom. The van der Waals surface area contributed by atoms with Crippen molar-refractivity contribution in [3.63, 3.8) is 0 Å². The molecule has 2 aromatic heterocycles. The second kappa shape index (κ2) is 5.71. The SMILES string of the molecule is C[Si](C)(C)Nc1nc(O[Si](C)(C)C)c2ncn([Si](C)(C)C)c2n1. The molecule has 0 saturated heterocycles. The average Bonchev–Trinajstić information content (AvgIpc) is 2.67. The van der Waals surface area contributed by atoms with Crippen LogP contribution in [0.1, 0.15) is 0 Å². The number of fused-ring (bicyclic) bond motifs is 1. The zero-order valence-corrected chi connectivity index (χ0v) is 18.8. The highest BCUT2D eigenvalue weighted by Gasteiger charge is 2.26. The van der Waals surface area contributed by atoms with Gasteiger partial charge in [0, 0.05) is 0 Å². The van der Waals surface area contributed by atoms with Gasteiger partial charge in [-0.25, -0.2) is 4.98 Å². The van der Waals surface area contributed by atoms with Crippen molar-refractivity contribution in [1.29, 1.82) is 0 Å². The van der Waals surface area contributed by atoms with Crippen LogP contribution < -0.4 is 9.41 Å². The third-order valence-electron chi connectivity index (χ3n) is 2.98. The minimum absolute atomic E-state index is 0.618. The summed E-state index contributed by atoms with van der Waals surface area (Å²) in [5.41, 5.74) is 1.66. The van der Waals surface area contributed by atoms with Crippen molar-refractivity contribution >= 4 is 41.9 Å². The summed E-state index contributed by atoms with van der Waals surface area (Å²) in [4.78, 5) is 17.4. The van der Waals surface area contributed by atoms with Gasteiger partial charge in [-0.15, -0.1) is 0 Å². The van der Waals surface area contributed by atoms with Crippen LogP contribution in [0, 0.1) is 0 Å². The Balaban J connectivity index is 2.65. The van der Waals surface area contributed by atoms with Crippen molar-refractivity contribution in [2.24, 2.45) is 0 Å². The maximum atomic E-state index is 6.20. The molecule has 2 heterocycles. The van der Waals surface area contributed by atoms with E-state index in [4.69, 9.17) is 9.41 Å². The van der Waals surface area contributed by atoms with Crippen LogP contribution in [-0.4, -0.2) is 44.0 Å². The van der Waals surface area contributed by atoms with E-state index < -0.39 is 24.8 Å². The summed E-state index contributed by atoms with van der Waals surface area (Å²) in [6, 6.07) is 0. The van der Waals surface area contributed by atoms with Crippen molar-refractivity contribution in [3.05, 3.63) is 6.33 Å². The molecule has 23 heavy (non-hydrogen) atoms. The van der Waals surface area contributed by atoms with Crippen LogP contribution >= 0.6 is 0 Å². The lowest BCUT2D eigenvalue weighted by molar-refractivity contribution is 0.540. The predicted molar refractivity (Wildman–Crippen MR) is 105 cm³/mol. The molecule has 0 aliphatic carbocycles. The number of imidazole rings is 1. The molecule has 0 aliphatic rings. The van der Waals surface area contributed by atoms with Crippen molar-refractivity contribution < 1.29 is 4.43 Å². The number of anilines is 1. The minimum atomic E-state index is -1.78. The van der Waals surface area contributed by atoms with Gasteiger partial charge in [0.1, 0.15) is 8.24 Å². The summed E-state index contributed by atoms with van der Waals surface area (Å²) >= 11 is 0. The van der Waals surface area contributed by atoms with E-state index in [2.05, 4.69) is 78.1 Å². The fourth-order valence-electron chi connectivity index (χ4n) is 2.12. The number of nitrogens with zero attached hydrogens (tertiary/aromatic N) is 4. The molecule has 0 amide bonds. The van der Waals surface area contributed by atoms with Crippen LogP contribution in [0.5, 0.6) is 5.88 Å². The largest absolute Gasteiger partial charge is 0.530 e. The Morgan fingerprint density at radius 2 is 1.57 bits per heavy atom. The summed E-state index contributed by atoms with van der Waals surface area (Å²) < 4.78 is 8.42. The Morgan fingerprint density at radius 1 is 0.957 bits per heavy atom. The molecule has 2 rings (SSSR count). The van der Waals surface area contributed by atoms with Crippen molar-refractivity contribution in [3.8, 4) is 5.88 Å². The van der Waals surface area contributed by atoms with E-state index in [1.54, 1.807) is 0 Å². The van der Waals surface area contributed by atoms with Crippen LogP contribution in [0.15, 0.2) is 6.33 Å². The van der Waals surface area contributed by atoms with Gasteiger partial charge in [0.15, 0.2) is 19.4 Å². The summed E-state index contributed by atoms with van der Waals surface area (Å²) in [6.07, 6.45) is 1.89. The first-order chi connectivity index (χ1) is 10.3. The van der Waals surface area contributed by atoms with Crippen LogP contribution in [0.25, 0.3) is 11.2 Å². The second-order valence-electron chi connectivity index (χ2n) is 8.90. The molecule has 0 fully saturated rings. The zero-order valence-electron chi connectivity index (χ0n) is 15.8. The van der Waals surface area contributed by atoms with Gasteiger partial charge < -0.3 is 13.6 Å². The average molecular weight is 368 g/mol. The van der Waals surface area contributed by atoms with Crippen molar-refractivity contribution in [2.45, 2.75) is 58.9 Å². The molecule has 128 valence electrons. The monoisotopic (exact) mass is 367 g/mol. The van der Waals surface area contributed by atoms with E-state index in [1.165, 1.54) is 0 Å². The third kappa shape index (κ3) is 4.64. The summed E-state index contributed by atoms with van der Waals surface area (Å²) in [5.74, 6) is 1.27. The standard InChI is InChI=1S/C14H29N5OSi3/c1-21(2,3)18-14-16-12-11(13(17-14)20-23(7,8)9)15-10-19(12)22(4,5)6/h10H,1-9H3,(H,16,17,18). The quantitative estimate of drug-likeness (QED) is 0.810. The van der Waals surface area contributed by atoms with E-state index in [-0.39, 0.29) is 0 Å². The van der Waals surface area contributed by atoms with Gasteiger partial charge >= 0.3 is 0 Å². The fraction of sp³-hybridized carbons (Fsp3) is 0.643. The summed E-state index contributed by atoms with van der Waals surface area (Å²) in [6.45, 7) is 20.0. The molecule has 0 unspecified atom stereocenters. The van der Waals surface area contributed by atoms with Gasteiger partial charge in [-0.1, -0.05) is 39.3 Å². The lowest BCUT2D eigenvalue weighted by Gasteiger charge is -2.23. The van der Waals surface area contributed by atoms with Crippen molar-refractivity contribution in [1.82, 2.24) is 19.2 Å². The highest BCUT2D eigenvalue weighted by molar-refractivity contribution is 6.79. The molecule has 0 aromatic carbocycles. The highest BCUT2D eigenvalue weighted by atomic mass is 28.4. The van der Waals surface area contributed by atoms with Crippen LogP contribution in [0.2, 0.25) is 58.9 Å². The molecule has 1 N–H and O–H groups in total. The van der Waals surface area contributed by atoms with Gasteiger partial charge in [0.2, 0.25) is 20.1 Å². The van der Waals surface area contributed by atoms with Crippen molar-refractivity contribution in [2.75, 3.05) is 4.98 Å². The van der Waals surface area contributed by atoms with Gasteiger partial charge in [-0.3, -0.25) is 0 Å². The normalized spacial score (nSPS) is 13.4. The smallest absolute Gasteiger partial charge is 0.244 e. The van der Waals surface area contributed by atoms with E-state index in [0.717, 1.165) is 11.2 Å². The maximum absolute atomic E-state index is 6.20. The van der Waals surface area contributed by atoms with Crippen LogP contribution in [0.4, 0.5) is 5.95 Å². The molecule has 0 radical (unpaired) electrons. The number of hydrogen-bond acceptors (Lipinski definition) is 5. The highest BCUT2D eigenvalue weighted by Crippen LogP contribution is 2.27. The Labute approximate surface area is 142 Å². The maximum Gasteiger partial charge on any atom is 0.244 e. The lowest BCUT2D eigenvalue weighted by Crippen LogP contribution is -2.35. The third-order valence-corrected chi connectivity index (χ3v) is 6.53. The lowest BCUT2D eigenvalue weighted by atomic mass is 10.5. The van der Waals surface area contributed by atoms with Crippen LogP contribution in [0.3, 0.4) is 0 Å². The number of nitrogens with one attached hydrogen (secondary N) is 1. The second-order valence-corrected chi connectivity index (χ2v) is 22.9. The van der Waals surface area contributed by atoms with E-state index in [9.17, 15) is 0 Å². The van der Waals surface area contributed by atoms with Gasteiger partial charge in [0.25, 0.3) is 0 Å². The molecule has 0 saturated carbocycles. The molecule has 0 aliphatic heterocycles. The Bertz CT molecular complexity index is 710. The number of rotatable bonds is 5. The Kier molecular flexibility index (Phi) is 4.50. The zero-order chi connectivity index (χ0) is 17.6. The van der Waals surface area contributed by atoms with Crippen LogP contribution in [-0.2, 0) is 0 Å². The molecule has 6 nitrogen and oxygen atoms in total. The Hall–Kier alpha value is -1.20. The first kappa shape index (κ1) is 18.1. The predicted octanol–water partition coefficient (Wildman–Crippen LogP) is 3.97. The van der Waals surface area contributed by atoms with Gasteiger partial charge in [0.05, 0.1) is 6.33 Å². The fourth-order valence-corrected chi connectivity index (χ4v) is 4.82. The molecule has 0 spiro atoms. The van der Waals surface area contributed by atoms with Gasteiger partial charge in [-0.05, 0) is 19.6 Å². The minimum Gasteiger partial charge on any atom is -0.530 e. The first-order valence-electron chi connectivity index (χ1n) is 7.99. The first-order valence-corrected chi connectivity index (χ1v) is 18.3.